The Kier molecular flexibility index (Phi) is 5.51. The van der Waals surface area contributed by atoms with E-state index in [4.69, 9.17) is 0 Å². The predicted molar refractivity (Wildman–Crippen MR) is 80.8 cm³/mol. The van der Waals surface area contributed by atoms with Crippen LogP contribution in [0.1, 0.15) is 36.5 Å². The Morgan fingerprint density at radius 1 is 1.53 bits per heavy atom. The minimum atomic E-state index is -0.0322. The first-order valence-electron chi connectivity index (χ1n) is 6.89. The summed E-state index contributed by atoms with van der Waals surface area (Å²) in [6.45, 7) is 3.56. The van der Waals surface area contributed by atoms with E-state index in [1.807, 2.05) is 24.8 Å². The molecule has 2 rings (SSSR count). The topological polar surface area (TPSA) is 54.0 Å². The lowest BCUT2D eigenvalue weighted by Crippen LogP contribution is -2.32. The van der Waals surface area contributed by atoms with E-state index in [0.717, 1.165) is 18.8 Å². The van der Waals surface area contributed by atoms with Gasteiger partial charge in [-0.3, -0.25) is 9.78 Å². The van der Waals surface area contributed by atoms with Crippen molar-refractivity contribution in [3.8, 4) is 0 Å². The Labute approximate surface area is 118 Å². The summed E-state index contributed by atoms with van der Waals surface area (Å²) in [6, 6.07) is 1.84. The minimum absolute atomic E-state index is 0.0322. The Hall–Kier alpha value is -1.23. The highest BCUT2D eigenvalue weighted by Crippen LogP contribution is 2.24. The molecule has 0 bridgehead atoms. The van der Waals surface area contributed by atoms with Crippen molar-refractivity contribution < 1.29 is 4.79 Å². The second-order valence-electron chi connectivity index (χ2n) is 4.65. The van der Waals surface area contributed by atoms with Gasteiger partial charge < -0.3 is 10.6 Å². The zero-order valence-corrected chi connectivity index (χ0v) is 12.1. The number of anilines is 1. The van der Waals surface area contributed by atoms with Crippen LogP contribution in [-0.2, 0) is 0 Å². The number of nitrogens with zero attached hydrogens (tertiary/aromatic N) is 1. The Morgan fingerprint density at radius 2 is 2.42 bits per heavy atom. The van der Waals surface area contributed by atoms with E-state index in [1.54, 1.807) is 12.4 Å². The average Bonchev–Trinajstić information content (AvgIpc) is 2.47. The second kappa shape index (κ2) is 7.38. The highest BCUT2D eigenvalue weighted by atomic mass is 32.2. The maximum Gasteiger partial charge on any atom is 0.254 e. The Balaban J connectivity index is 1.91. The molecule has 1 aromatic heterocycles. The monoisotopic (exact) mass is 279 g/mol. The zero-order chi connectivity index (χ0) is 13.5. The molecule has 0 aliphatic carbocycles. The molecular formula is C14H21N3OS. The number of carbonyl (C=O) groups excluding carboxylic acids is 1. The highest BCUT2D eigenvalue weighted by molar-refractivity contribution is 7.99. The number of thioether (sulfide) groups is 1. The minimum Gasteiger partial charge on any atom is -0.385 e. The van der Waals surface area contributed by atoms with Gasteiger partial charge >= 0.3 is 0 Å². The van der Waals surface area contributed by atoms with Crippen molar-refractivity contribution in [3.05, 3.63) is 24.0 Å². The molecule has 1 aromatic rings. The molecule has 2 N–H and O–H groups in total. The van der Waals surface area contributed by atoms with Crippen molar-refractivity contribution in [2.45, 2.75) is 31.4 Å². The van der Waals surface area contributed by atoms with E-state index in [1.165, 1.54) is 25.0 Å². The molecule has 0 aromatic carbocycles. The van der Waals surface area contributed by atoms with E-state index in [2.05, 4.69) is 15.6 Å². The number of hydrogen-bond donors (Lipinski definition) is 2. The van der Waals surface area contributed by atoms with Gasteiger partial charge in [0.25, 0.3) is 5.91 Å². The maximum atomic E-state index is 12.2. The summed E-state index contributed by atoms with van der Waals surface area (Å²) in [6.07, 6.45) is 7.12. The van der Waals surface area contributed by atoms with Crippen LogP contribution in [0, 0.1) is 0 Å². The second-order valence-corrected chi connectivity index (χ2v) is 6.06. The normalized spacial score (nSPS) is 18.9. The van der Waals surface area contributed by atoms with Gasteiger partial charge in [0.2, 0.25) is 0 Å². The first-order valence-corrected chi connectivity index (χ1v) is 7.94. The van der Waals surface area contributed by atoms with Crippen molar-refractivity contribution in [2.24, 2.45) is 0 Å². The molecule has 1 unspecified atom stereocenters. The van der Waals surface area contributed by atoms with Crippen LogP contribution in [-0.4, -0.2) is 35.0 Å². The van der Waals surface area contributed by atoms with Gasteiger partial charge in [-0.1, -0.05) is 6.42 Å². The molecule has 4 nitrogen and oxygen atoms in total. The van der Waals surface area contributed by atoms with Crippen molar-refractivity contribution in [2.75, 3.05) is 24.2 Å². The maximum absolute atomic E-state index is 12.2. The van der Waals surface area contributed by atoms with Gasteiger partial charge in [-0.15, -0.1) is 0 Å². The van der Waals surface area contributed by atoms with Crippen LogP contribution in [0.25, 0.3) is 0 Å². The van der Waals surface area contributed by atoms with Crippen LogP contribution in [0.15, 0.2) is 18.5 Å². The first kappa shape index (κ1) is 14.2. The fraction of sp³-hybridized carbons (Fsp3) is 0.571. The van der Waals surface area contributed by atoms with Gasteiger partial charge in [0, 0.05) is 30.7 Å². The van der Waals surface area contributed by atoms with Crippen LogP contribution < -0.4 is 10.6 Å². The summed E-state index contributed by atoms with van der Waals surface area (Å²) in [7, 11) is 0. The molecule has 104 valence electrons. The molecule has 0 radical (unpaired) electrons. The van der Waals surface area contributed by atoms with Crippen molar-refractivity contribution in [3.63, 3.8) is 0 Å². The third kappa shape index (κ3) is 4.13. The van der Waals surface area contributed by atoms with Crippen LogP contribution in [0.2, 0.25) is 0 Å². The molecule has 0 saturated carbocycles. The summed E-state index contributed by atoms with van der Waals surface area (Å²) < 4.78 is 0. The number of amides is 1. The molecule has 1 aliphatic heterocycles. The zero-order valence-electron chi connectivity index (χ0n) is 11.3. The highest BCUT2D eigenvalue weighted by Gasteiger charge is 2.16. The summed E-state index contributed by atoms with van der Waals surface area (Å²) in [5.74, 6) is 1.19. The summed E-state index contributed by atoms with van der Waals surface area (Å²) in [5, 5.41) is 6.78. The van der Waals surface area contributed by atoms with Crippen molar-refractivity contribution >= 4 is 23.4 Å². The molecule has 1 fully saturated rings. The number of nitrogens with one attached hydrogen (secondary N) is 2. The average molecular weight is 279 g/mol. The van der Waals surface area contributed by atoms with Gasteiger partial charge in [0.15, 0.2) is 0 Å². The molecule has 1 aliphatic rings. The van der Waals surface area contributed by atoms with Crippen LogP contribution in [0.3, 0.4) is 0 Å². The number of carbonyl (C=O) groups is 1. The predicted octanol–water partition coefficient (Wildman–Crippen LogP) is 2.53. The van der Waals surface area contributed by atoms with Crippen LogP contribution in [0.5, 0.6) is 0 Å². The van der Waals surface area contributed by atoms with E-state index in [9.17, 15) is 4.79 Å². The van der Waals surface area contributed by atoms with Crippen LogP contribution >= 0.6 is 11.8 Å². The summed E-state index contributed by atoms with van der Waals surface area (Å²) in [4.78, 5) is 16.2. The SMILES string of the molecule is CCNc1ccncc1C(=O)NCC1CCCCS1. The standard InChI is InChI=1S/C14H21N3OS/c1-2-16-13-6-7-15-10-12(13)14(18)17-9-11-5-3-4-8-19-11/h6-7,10-11H,2-5,8-9H2,1H3,(H,15,16)(H,17,18). The van der Waals surface area contributed by atoms with Gasteiger partial charge in [-0.05, 0) is 31.6 Å². The lowest BCUT2D eigenvalue weighted by atomic mass is 10.1. The fourth-order valence-electron chi connectivity index (χ4n) is 2.19. The smallest absolute Gasteiger partial charge is 0.254 e. The Bertz CT molecular complexity index is 419. The first-order chi connectivity index (χ1) is 9.31. The van der Waals surface area contributed by atoms with Crippen molar-refractivity contribution in [1.29, 1.82) is 0 Å². The van der Waals surface area contributed by atoms with Gasteiger partial charge in [-0.25, -0.2) is 0 Å². The van der Waals surface area contributed by atoms with E-state index >= 15 is 0 Å². The molecule has 1 saturated heterocycles. The Morgan fingerprint density at radius 3 is 3.16 bits per heavy atom. The quantitative estimate of drug-likeness (QED) is 0.869. The fourth-order valence-corrected chi connectivity index (χ4v) is 3.43. The number of hydrogen-bond acceptors (Lipinski definition) is 4. The summed E-state index contributed by atoms with van der Waals surface area (Å²) >= 11 is 1.97. The summed E-state index contributed by atoms with van der Waals surface area (Å²) in [5.41, 5.74) is 1.48. The van der Waals surface area contributed by atoms with Gasteiger partial charge in [0.05, 0.1) is 11.3 Å². The van der Waals surface area contributed by atoms with Gasteiger partial charge in [0.1, 0.15) is 0 Å². The molecular weight excluding hydrogens is 258 g/mol. The van der Waals surface area contributed by atoms with E-state index in [-0.39, 0.29) is 5.91 Å². The molecule has 5 heteroatoms. The molecule has 0 spiro atoms. The van der Waals surface area contributed by atoms with Crippen molar-refractivity contribution in [1.82, 2.24) is 10.3 Å². The molecule has 2 heterocycles. The van der Waals surface area contributed by atoms with E-state index < -0.39 is 0 Å². The largest absolute Gasteiger partial charge is 0.385 e. The molecule has 1 amide bonds. The number of rotatable bonds is 5. The molecule has 19 heavy (non-hydrogen) atoms. The third-order valence-electron chi connectivity index (χ3n) is 3.20. The van der Waals surface area contributed by atoms with Gasteiger partial charge in [-0.2, -0.15) is 11.8 Å². The lowest BCUT2D eigenvalue weighted by molar-refractivity contribution is 0.0954. The van der Waals surface area contributed by atoms with E-state index in [0.29, 0.717) is 10.8 Å². The number of pyridine rings is 1. The lowest BCUT2D eigenvalue weighted by Gasteiger charge is -2.21. The third-order valence-corrected chi connectivity index (χ3v) is 4.60. The molecule has 1 atom stereocenters. The van der Waals surface area contributed by atoms with Crippen LogP contribution in [0.4, 0.5) is 5.69 Å². The number of aromatic nitrogens is 1.